The van der Waals surface area contributed by atoms with E-state index < -0.39 is 55.1 Å². The Morgan fingerprint density at radius 1 is 1.03 bits per heavy atom. The average Bonchev–Trinajstić information content (AvgIpc) is 2.80. The number of allylic oxidation sites excluding steroid dienone is 2. The van der Waals surface area contributed by atoms with Crippen LogP contribution in [0.25, 0.3) is 5.76 Å². The maximum atomic E-state index is 11.2. The number of carbonyl (C=O) groups is 1. The van der Waals surface area contributed by atoms with Gasteiger partial charge in [0.1, 0.15) is 42.5 Å². The molecule has 0 bridgehead atoms. The third-order valence-electron chi connectivity index (χ3n) is 5.63. The predicted molar refractivity (Wildman–Crippen MR) is 117 cm³/mol. The van der Waals surface area contributed by atoms with Gasteiger partial charge in [-0.15, -0.1) is 0 Å². The number of rotatable bonds is 5. The van der Waals surface area contributed by atoms with Gasteiger partial charge in [0.05, 0.1) is 17.2 Å². The van der Waals surface area contributed by atoms with Crippen LogP contribution in [-0.4, -0.2) is 89.9 Å². The standard InChI is InChI=1S/C23H24O12/c1-9(24)32-8-18-19(29)20(30)21(31)23(35-18)34-17-7-12-14(27)5-11(25)6-16(12)33-22(17)10-2-3-13(26)15(28)4-10/h2-7,16,18-21,23,25-31H,8H2,1H3/p+1. The molecule has 1 aromatic rings. The minimum absolute atomic E-state index is 0.0602. The largest absolute Gasteiger partial charge is 0.571 e. The fraction of sp³-hybridized carbons (Fsp3) is 0.348. The third kappa shape index (κ3) is 4.91. The van der Waals surface area contributed by atoms with Crippen molar-refractivity contribution in [3.63, 3.8) is 0 Å². The molecule has 12 nitrogen and oxygen atoms in total. The molecule has 188 valence electrons. The van der Waals surface area contributed by atoms with Gasteiger partial charge < -0.3 is 54.7 Å². The van der Waals surface area contributed by atoms with Gasteiger partial charge in [-0.1, -0.05) is 0 Å². The van der Waals surface area contributed by atoms with Crippen molar-refractivity contribution in [2.24, 2.45) is 0 Å². The monoisotopic (exact) mass is 493 g/mol. The van der Waals surface area contributed by atoms with Crippen LogP contribution in [0.3, 0.4) is 0 Å². The van der Waals surface area contributed by atoms with Gasteiger partial charge in [-0.05, 0) is 12.1 Å². The van der Waals surface area contributed by atoms with Crippen LogP contribution in [0.4, 0.5) is 0 Å². The van der Waals surface area contributed by atoms with E-state index >= 15 is 0 Å². The van der Waals surface area contributed by atoms with Crippen molar-refractivity contribution >= 4 is 11.7 Å². The minimum Gasteiger partial charge on any atom is -0.571 e. The second-order valence-electron chi connectivity index (χ2n) is 8.15. The Morgan fingerprint density at radius 3 is 2.46 bits per heavy atom. The molecule has 12 heteroatoms. The van der Waals surface area contributed by atoms with Gasteiger partial charge in [-0.25, -0.2) is 0 Å². The molecule has 6 atom stereocenters. The highest BCUT2D eigenvalue weighted by Crippen LogP contribution is 2.38. The fourth-order valence-corrected chi connectivity index (χ4v) is 3.81. The van der Waals surface area contributed by atoms with Crippen molar-refractivity contribution in [1.29, 1.82) is 0 Å². The molecule has 3 aliphatic rings. The van der Waals surface area contributed by atoms with E-state index in [0.29, 0.717) is 0 Å². The summed E-state index contributed by atoms with van der Waals surface area (Å²) in [5.41, 5.74) is 0.516. The van der Waals surface area contributed by atoms with E-state index in [9.17, 15) is 40.5 Å². The van der Waals surface area contributed by atoms with Gasteiger partial charge in [0.15, 0.2) is 11.5 Å². The quantitative estimate of drug-likeness (QED) is 0.164. The van der Waals surface area contributed by atoms with Gasteiger partial charge >= 0.3 is 11.7 Å². The molecule has 1 saturated heterocycles. The number of carbonyl (C=O) groups excluding carboxylic acids is 1. The first-order valence-corrected chi connectivity index (χ1v) is 10.6. The molecule has 35 heavy (non-hydrogen) atoms. The molecule has 6 unspecified atom stereocenters. The van der Waals surface area contributed by atoms with Crippen molar-refractivity contribution < 1.29 is 59.5 Å². The Balaban J connectivity index is 1.71. The molecule has 2 heterocycles. The van der Waals surface area contributed by atoms with E-state index in [1.54, 1.807) is 0 Å². The molecule has 2 aliphatic heterocycles. The molecule has 0 saturated carbocycles. The van der Waals surface area contributed by atoms with E-state index in [-0.39, 0.29) is 39.9 Å². The Kier molecular flexibility index (Phi) is 6.63. The van der Waals surface area contributed by atoms with E-state index in [1.165, 1.54) is 30.4 Å². The molecular weight excluding hydrogens is 468 g/mol. The molecule has 4 rings (SSSR count). The number of phenolic OH excluding ortho intramolecular Hbond substituents is 2. The van der Waals surface area contributed by atoms with Crippen LogP contribution in [0.1, 0.15) is 12.5 Å². The zero-order valence-electron chi connectivity index (χ0n) is 18.3. The van der Waals surface area contributed by atoms with Crippen molar-refractivity contribution in [2.75, 3.05) is 6.61 Å². The average molecular weight is 493 g/mol. The first kappa shape index (κ1) is 24.4. The van der Waals surface area contributed by atoms with Gasteiger partial charge in [0.2, 0.25) is 18.2 Å². The second-order valence-corrected chi connectivity index (χ2v) is 8.15. The Morgan fingerprint density at radius 2 is 1.77 bits per heavy atom. The van der Waals surface area contributed by atoms with Gasteiger partial charge in [-0.3, -0.25) is 4.79 Å². The van der Waals surface area contributed by atoms with Crippen molar-refractivity contribution in [3.8, 4) is 11.5 Å². The summed E-state index contributed by atoms with van der Waals surface area (Å²) in [5, 5.41) is 70.8. The lowest BCUT2D eigenvalue weighted by Crippen LogP contribution is -2.59. The van der Waals surface area contributed by atoms with Crippen LogP contribution in [0.5, 0.6) is 11.5 Å². The van der Waals surface area contributed by atoms with E-state index in [0.717, 1.165) is 13.0 Å². The highest BCUT2D eigenvalue weighted by Gasteiger charge is 2.47. The number of aliphatic hydroxyl groups is 7. The highest BCUT2D eigenvalue weighted by molar-refractivity contribution is 5.69. The maximum absolute atomic E-state index is 11.2. The number of hydrogen-bond donors (Lipinski definition) is 7. The number of aliphatic hydroxyl groups excluding tert-OH is 5. The topological polar surface area (TPSA) is 199 Å². The smallest absolute Gasteiger partial charge is 0.305 e. The first-order chi connectivity index (χ1) is 16.5. The Labute approximate surface area is 198 Å². The summed E-state index contributed by atoms with van der Waals surface area (Å²) in [6, 6.07) is 3.86. The predicted octanol–water partition coefficient (Wildman–Crippen LogP) is -0.112. The zero-order chi connectivity index (χ0) is 25.4. The van der Waals surface area contributed by atoms with E-state index in [4.69, 9.17) is 14.2 Å². The molecule has 1 aliphatic carbocycles. The molecule has 1 aromatic carbocycles. The maximum Gasteiger partial charge on any atom is 0.305 e. The SMILES string of the molecule is CC(=O)OCC1OC(OC2=C(c3ccc(O)c(O)c3)[OH+]C3C=C(O)C=C(O)C3=C2)C(O)C(O)C1O. The number of hydrogen-bond acceptors (Lipinski definition) is 11. The molecule has 0 spiro atoms. The van der Waals surface area contributed by atoms with E-state index in [2.05, 4.69) is 4.74 Å². The van der Waals surface area contributed by atoms with Crippen LogP contribution in [0.15, 0.2) is 59.3 Å². The molecule has 0 aromatic heterocycles. The van der Waals surface area contributed by atoms with Crippen LogP contribution < -0.4 is 0 Å². The lowest BCUT2D eigenvalue weighted by Gasteiger charge is -2.40. The number of fused-ring (bicyclic) bond motifs is 1. The summed E-state index contributed by atoms with van der Waals surface area (Å²) in [5.74, 6) is -1.94. The zero-order valence-corrected chi connectivity index (χ0v) is 18.3. The summed E-state index contributed by atoms with van der Waals surface area (Å²) in [4.78, 5) is 11.2. The summed E-state index contributed by atoms with van der Waals surface area (Å²) in [7, 11) is 0. The summed E-state index contributed by atoms with van der Waals surface area (Å²) in [6.07, 6.45) is -4.78. The molecule has 0 amide bonds. The summed E-state index contributed by atoms with van der Waals surface area (Å²) < 4.78 is 20.7. The molecular formula is C23H25O12+. The number of aromatic hydroxyl groups is 2. The normalized spacial score (nSPS) is 30.3. The Bertz CT molecular complexity index is 1130. The first-order valence-electron chi connectivity index (χ1n) is 10.6. The summed E-state index contributed by atoms with van der Waals surface area (Å²) >= 11 is 0. The lowest BCUT2D eigenvalue weighted by atomic mass is 9.96. The van der Waals surface area contributed by atoms with Gasteiger partial charge in [0.25, 0.3) is 0 Å². The van der Waals surface area contributed by atoms with Gasteiger partial charge in [-0.2, -0.15) is 0 Å². The van der Waals surface area contributed by atoms with Gasteiger partial charge in [0, 0.05) is 25.1 Å². The van der Waals surface area contributed by atoms with Crippen LogP contribution in [0, 0.1) is 0 Å². The summed E-state index contributed by atoms with van der Waals surface area (Å²) in [6.45, 7) is 0.736. The van der Waals surface area contributed by atoms with Crippen molar-refractivity contribution in [3.05, 3.63) is 64.8 Å². The number of benzene rings is 1. The third-order valence-corrected chi connectivity index (χ3v) is 5.63. The number of esters is 1. The van der Waals surface area contributed by atoms with Crippen LogP contribution in [-0.2, 0) is 19.0 Å². The van der Waals surface area contributed by atoms with Crippen molar-refractivity contribution in [1.82, 2.24) is 0 Å². The highest BCUT2D eigenvalue weighted by atomic mass is 16.7. The van der Waals surface area contributed by atoms with Crippen LogP contribution in [0.2, 0.25) is 0 Å². The lowest BCUT2D eigenvalue weighted by molar-refractivity contribution is -0.291. The molecule has 8 N–H and O–H groups in total. The second kappa shape index (κ2) is 9.50. The fourth-order valence-electron chi connectivity index (χ4n) is 3.81. The van der Waals surface area contributed by atoms with Crippen molar-refractivity contribution in [2.45, 2.75) is 43.7 Å². The molecule has 0 radical (unpaired) electrons. The molecule has 1 fully saturated rings. The van der Waals surface area contributed by atoms with E-state index in [1.807, 2.05) is 0 Å². The number of ether oxygens (including phenoxy) is 4. The number of phenols is 2. The minimum atomic E-state index is -1.73. The van der Waals surface area contributed by atoms with Crippen LogP contribution >= 0.6 is 0 Å². The Hall–Kier alpha value is -3.71.